The quantitative estimate of drug-likeness (QED) is 0.561. The molecule has 0 saturated heterocycles. The van der Waals surface area contributed by atoms with Crippen LogP contribution in [0.3, 0.4) is 0 Å². The van der Waals surface area contributed by atoms with Crippen LogP contribution in [0.5, 0.6) is 5.75 Å². The van der Waals surface area contributed by atoms with E-state index < -0.39 is 39.9 Å². The molecule has 0 saturated carbocycles. The van der Waals surface area contributed by atoms with Crippen molar-refractivity contribution in [3.63, 3.8) is 0 Å². The second-order valence-corrected chi connectivity index (χ2v) is 7.39. The summed E-state index contributed by atoms with van der Waals surface area (Å²) in [5.74, 6) is -2.90. The molecule has 0 aliphatic rings. The summed E-state index contributed by atoms with van der Waals surface area (Å²) in [7, 11) is 1.32. The molecule has 0 aliphatic heterocycles. The van der Waals surface area contributed by atoms with Gasteiger partial charge >= 0.3 is 0 Å². The van der Waals surface area contributed by atoms with Crippen LogP contribution in [-0.2, 0) is 19.0 Å². The van der Waals surface area contributed by atoms with Gasteiger partial charge in [0.25, 0.3) is 17.4 Å². The Kier molecular flexibility index (Phi) is 5.69. The molecule has 10 nitrogen and oxygen atoms in total. The van der Waals surface area contributed by atoms with Crippen molar-refractivity contribution in [2.75, 3.05) is 0 Å². The van der Waals surface area contributed by atoms with E-state index in [1.807, 2.05) is 0 Å². The number of aromatic nitrogens is 4. The number of benzene rings is 1. The van der Waals surface area contributed by atoms with Crippen LogP contribution < -0.4 is 10.9 Å². The molecule has 0 atom stereocenters. The molecule has 0 radical (unpaired) electrons. The highest BCUT2D eigenvalue weighted by molar-refractivity contribution is 6.00. The lowest BCUT2D eigenvalue weighted by molar-refractivity contribution is 0.0857. The van der Waals surface area contributed by atoms with E-state index in [9.17, 15) is 23.9 Å². The van der Waals surface area contributed by atoms with E-state index in [1.54, 1.807) is 0 Å². The number of Topliss-reactive ketones (excluding diaryl/α,β-unsaturated/α-hetero) is 1. The van der Waals surface area contributed by atoms with Crippen LogP contribution in [0, 0.1) is 12.7 Å². The largest absolute Gasteiger partial charge is 0.501 e. The molecule has 3 rings (SSSR count). The molecule has 3 aromatic rings. The average molecular weight is 429 g/mol. The van der Waals surface area contributed by atoms with Crippen molar-refractivity contribution in [3.8, 4) is 5.75 Å². The first-order chi connectivity index (χ1) is 14.5. The van der Waals surface area contributed by atoms with Gasteiger partial charge in [-0.1, -0.05) is 12.1 Å². The highest BCUT2D eigenvalue weighted by Gasteiger charge is 2.39. The Labute approximate surface area is 175 Å². The van der Waals surface area contributed by atoms with Gasteiger partial charge in [-0.3, -0.25) is 19.0 Å². The van der Waals surface area contributed by atoms with E-state index in [0.29, 0.717) is 5.56 Å². The molecule has 0 aliphatic carbocycles. The maximum absolute atomic E-state index is 13.0. The van der Waals surface area contributed by atoms with Crippen LogP contribution in [0.2, 0.25) is 0 Å². The number of amides is 1. The average Bonchev–Trinajstić information content (AvgIpc) is 3.17. The van der Waals surface area contributed by atoms with Crippen molar-refractivity contribution < 1.29 is 23.5 Å². The van der Waals surface area contributed by atoms with Crippen molar-refractivity contribution in [1.29, 1.82) is 0 Å². The summed E-state index contributed by atoms with van der Waals surface area (Å²) in [6.07, 6.45) is 0. The SMILES string of the molecule is Cc1nnc(C(=O)C(C)(C)c2nc(C(=O)NCc3ccc(F)cc3)c(O)c(=O)n2C)o1. The Morgan fingerprint density at radius 1 is 1.23 bits per heavy atom. The van der Waals surface area contributed by atoms with Crippen molar-refractivity contribution in [3.05, 3.63) is 69.3 Å². The number of carbonyl (C=O) groups is 2. The minimum Gasteiger partial charge on any atom is -0.501 e. The Bertz CT molecular complexity index is 1210. The summed E-state index contributed by atoms with van der Waals surface area (Å²) >= 11 is 0. The van der Waals surface area contributed by atoms with Gasteiger partial charge in [-0.25, -0.2) is 9.37 Å². The lowest BCUT2D eigenvalue weighted by Gasteiger charge is -2.23. The maximum atomic E-state index is 13.0. The molecule has 11 heteroatoms. The van der Waals surface area contributed by atoms with Gasteiger partial charge in [-0.15, -0.1) is 10.2 Å². The molecular formula is C20H20FN5O5. The summed E-state index contributed by atoms with van der Waals surface area (Å²) in [5, 5.41) is 20.0. The van der Waals surface area contributed by atoms with E-state index in [2.05, 4.69) is 20.5 Å². The molecule has 0 spiro atoms. The number of hydrogen-bond acceptors (Lipinski definition) is 8. The molecule has 2 heterocycles. The zero-order valence-corrected chi connectivity index (χ0v) is 17.3. The van der Waals surface area contributed by atoms with Crippen LogP contribution in [-0.4, -0.2) is 36.5 Å². The van der Waals surface area contributed by atoms with Gasteiger partial charge in [0, 0.05) is 20.5 Å². The molecule has 2 N–H and O–H groups in total. The number of aryl methyl sites for hydroxylation is 1. The number of ketones is 1. The number of nitrogens with zero attached hydrogens (tertiary/aromatic N) is 4. The second kappa shape index (κ2) is 8.09. The van der Waals surface area contributed by atoms with E-state index in [1.165, 1.54) is 52.1 Å². The van der Waals surface area contributed by atoms with Gasteiger partial charge < -0.3 is 14.8 Å². The van der Waals surface area contributed by atoms with Crippen molar-refractivity contribution in [2.24, 2.45) is 7.05 Å². The fraction of sp³-hybridized carbons (Fsp3) is 0.300. The molecule has 0 bridgehead atoms. The maximum Gasteiger partial charge on any atom is 0.296 e. The monoisotopic (exact) mass is 429 g/mol. The molecule has 0 fully saturated rings. The van der Waals surface area contributed by atoms with E-state index in [0.717, 1.165) is 4.57 Å². The molecule has 1 amide bonds. The van der Waals surface area contributed by atoms with E-state index in [-0.39, 0.29) is 24.2 Å². The first-order valence-electron chi connectivity index (χ1n) is 9.20. The zero-order chi connectivity index (χ0) is 22.9. The van der Waals surface area contributed by atoms with Gasteiger partial charge in [-0.05, 0) is 31.5 Å². The van der Waals surface area contributed by atoms with Gasteiger partial charge in [0.1, 0.15) is 11.6 Å². The third kappa shape index (κ3) is 4.20. The molecule has 31 heavy (non-hydrogen) atoms. The molecular weight excluding hydrogens is 409 g/mol. The molecule has 2 aromatic heterocycles. The summed E-state index contributed by atoms with van der Waals surface area (Å²) in [5.41, 5.74) is -2.28. The van der Waals surface area contributed by atoms with Crippen LogP contribution >= 0.6 is 0 Å². The summed E-state index contributed by atoms with van der Waals surface area (Å²) in [6.45, 7) is 4.49. The standard InChI is InChI=1S/C20H20FN5O5/c1-10-24-25-17(31-10)15(28)20(2,3)19-23-13(14(27)18(30)26(19)4)16(29)22-9-11-5-7-12(21)8-6-11/h5-8,27H,9H2,1-4H3,(H,22,29). The number of nitrogens with one attached hydrogen (secondary N) is 1. The highest BCUT2D eigenvalue weighted by atomic mass is 19.1. The van der Waals surface area contributed by atoms with Gasteiger partial charge in [0.2, 0.25) is 17.4 Å². The highest BCUT2D eigenvalue weighted by Crippen LogP contribution is 2.26. The van der Waals surface area contributed by atoms with E-state index in [4.69, 9.17) is 4.42 Å². The number of hydrogen-bond donors (Lipinski definition) is 2. The van der Waals surface area contributed by atoms with Crippen LogP contribution in [0.4, 0.5) is 4.39 Å². The normalized spacial score (nSPS) is 11.4. The number of halogens is 1. The Balaban J connectivity index is 1.95. The van der Waals surface area contributed by atoms with Crippen molar-refractivity contribution in [1.82, 2.24) is 25.1 Å². The van der Waals surface area contributed by atoms with Crippen LogP contribution in [0.25, 0.3) is 0 Å². The van der Waals surface area contributed by atoms with Crippen LogP contribution in [0.1, 0.15) is 52.3 Å². The lowest BCUT2D eigenvalue weighted by Crippen LogP contribution is -2.39. The predicted octanol–water partition coefficient (Wildman–Crippen LogP) is 1.41. The number of carbonyl (C=O) groups excluding carboxylic acids is 2. The second-order valence-electron chi connectivity index (χ2n) is 7.39. The molecule has 1 aromatic carbocycles. The van der Waals surface area contributed by atoms with E-state index >= 15 is 0 Å². The zero-order valence-electron chi connectivity index (χ0n) is 17.3. The molecule has 0 unspecified atom stereocenters. The Morgan fingerprint density at radius 3 is 2.45 bits per heavy atom. The fourth-order valence-corrected chi connectivity index (χ4v) is 2.93. The third-order valence-electron chi connectivity index (χ3n) is 4.70. The predicted molar refractivity (Wildman–Crippen MR) is 105 cm³/mol. The first kappa shape index (κ1) is 21.8. The third-order valence-corrected chi connectivity index (χ3v) is 4.70. The number of rotatable bonds is 6. The summed E-state index contributed by atoms with van der Waals surface area (Å²) in [4.78, 5) is 42.2. The Morgan fingerprint density at radius 2 is 1.87 bits per heavy atom. The van der Waals surface area contributed by atoms with Crippen molar-refractivity contribution in [2.45, 2.75) is 32.7 Å². The molecule has 162 valence electrons. The van der Waals surface area contributed by atoms with Crippen LogP contribution in [0.15, 0.2) is 33.5 Å². The first-order valence-corrected chi connectivity index (χ1v) is 9.20. The van der Waals surface area contributed by atoms with Gasteiger partial charge in [0.05, 0.1) is 5.41 Å². The smallest absolute Gasteiger partial charge is 0.296 e. The minimum atomic E-state index is -1.44. The summed E-state index contributed by atoms with van der Waals surface area (Å²) < 4.78 is 19.2. The summed E-state index contributed by atoms with van der Waals surface area (Å²) in [6, 6.07) is 5.43. The van der Waals surface area contributed by atoms with Crippen molar-refractivity contribution >= 4 is 11.7 Å². The topological polar surface area (TPSA) is 140 Å². The minimum absolute atomic E-state index is 0.00830. The number of aromatic hydroxyl groups is 1. The van der Waals surface area contributed by atoms with Gasteiger partial charge in [-0.2, -0.15) is 0 Å². The fourth-order valence-electron chi connectivity index (χ4n) is 2.93. The van der Waals surface area contributed by atoms with Gasteiger partial charge in [0.15, 0.2) is 5.69 Å². The lowest BCUT2D eigenvalue weighted by atomic mass is 9.86. The Hall–Kier alpha value is -3.89.